The summed E-state index contributed by atoms with van der Waals surface area (Å²) >= 11 is 0. The lowest BCUT2D eigenvalue weighted by Crippen LogP contribution is -2.31. The van der Waals surface area contributed by atoms with Crippen LogP contribution in [0.3, 0.4) is 0 Å². The topological polar surface area (TPSA) is 133 Å². The van der Waals surface area contributed by atoms with Crippen LogP contribution in [0.15, 0.2) is 79.0 Å². The summed E-state index contributed by atoms with van der Waals surface area (Å²) in [6.07, 6.45) is 1.75. The number of methoxy groups -OCH3 is 1. The monoisotopic (exact) mass is 487 g/mol. The van der Waals surface area contributed by atoms with Crippen molar-refractivity contribution in [3.05, 3.63) is 84.6 Å². The molecule has 0 saturated carbocycles. The van der Waals surface area contributed by atoms with Gasteiger partial charge in [-0.15, -0.1) is 0 Å². The average molecular weight is 488 g/mol. The van der Waals surface area contributed by atoms with Crippen LogP contribution in [-0.2, 0) is 4.79 Å². The Labute approximate surface area is 207 Å². The predicted molar refractivity (Wildman–Crippen MR) is 135 cm³/mol. The van der Waals surface area contributed by atoms with Gasteiger partial charge < -0.3 is 30.4 Å². The molecule has 0 aliphatic carbocycles. The van der Waals surface area contributed by atoms with Gasteiger partial charge in [-0.05, 0) is 48.5 Å². The Morgan fingerprint density at radius 1 is 1.00 bits per heavy atom. The van der Waals surface area contributed by atoms with Crippen molar-refractivity contribution in [3.63, 3.8) is 0 Å². The third-order valence-corrected chi connectivity index (χ3v) is 5.37. The van der Waals surface area contributed by atoms with E-state index in [1.54, 1.807) is 48.7 Å². The van der Waals surface area contributed by atoms with E-state index in [9.17, 15) is 9.59 Å². The number of hydrogen-bond donors (Lipinski definition) is 3. The van der Waals surface area contributed by atoms with Crippen molar-refractivity contribution >= 4 is 28.5 Å². The number of fused-ring (bicyclic) bond motifs is 1. The number of rotatable bonds is 10. The summed E-state index contributed by atoms with van der Waals surface area (Å²) in [4.78, 5) is 27.8. The van der Waals surface area contributed by atoms with E-state index in [2.05, 4.69) is 10.3 Å². The van der Waals surface area contributed by atoms with Gasteiger partial charge in [0.15, 0.2) is 11.5 Å². The quantitative estimate of drug-likeness (QED) is 0.298. The highest BCUT2D eigenvalue weighted by Gasteiger charge is 2.15. The molecule has 3 aromatic carbocycles. The summed E-state index contributed by atoms with van der Waals surface area (Å²) in [6.45, 7) is 0.107. The molecule has 9 nitrogen and oxygen atoms in total. The first-order chi connectivity index (χ1) is 17.4. The lowest BCUT2D eigenvalue weighted by atomic mass is 10.1. The number of carboxylic acids is 1. The summed E-state index contributed by atoms with van der Waals surface area (Å²) in [7, 11) is 1.51. The van der Waals surface area contributed by atoms with E-state index in [1.165, 1.54) is 7.11 Å². The maximum Gasteiger partial charge on any atom is 0.320 e. The third kappa shape index (κ3) is 5.89. The van der Waals surface area contributed by atoms with Gasteiger partial charge in [-0.1, -0.05) is 18.2 Å². The van der Waals surface area contributed by atoms with Gasteiger partial charge in [-0.3, -0.25) is 14.6 Å². The smallest absolute Gasteiger partial charge is 0.320 e. The number of ether oxygens (including phenoxy) is 3. The molecule has 0 spiro atoms. The zero-order valence-electron chi connectivity index (χ0n) is 19.5. The van der Waals surface area contributed by atoms with E-state index >= 15 is 0 Å². The second kappa shape index (κ2) is 11.2. The molecule has 4 rings (SSSR count). The molecule has 0 radical (unpaired) electrons. The van der Waals surface area contributed by atoms with Gasteiger partial charge in [0.1, 0.15) is 17.5 Å². The number of carbonyl (C=O) groups is 2. The van der Waals surface area contributed by atoms with E-state index in [0.29, 0.717) is 45.2 Å². The molecule has 1 amide bonds. The number of amides is 1. The molecule has 0 aliphatic rings. The van der Waals surface area contributed by atoms with Gasteiger partial charge in [-0.25, -0.2) is 0 Å². The van der Waals surface area contributed by atoms with Gasteiger partial charge in [0.25, 0.3) is 5.91 Å². The number of nitrogens with zero attached hydrogens (tertiary/aromatic N) is 1. The van der Waals surface area contributed by atoms with Crippen molar-refractivity contribution < 1.29 is 28.9 Å². The molecule has 0 unspecified atom stereocenters. The van der Waals surface area contributed by atoms with Crippen LogP contribution < -0.4 is 25.3 Å². The maximum absolute atomic E-state index is 12.5. The molecule has 9 heteroatoms. The van der Waals surface area contributed by atoms with E-state index in [0.717, 1.165) is 0 Å². The molecule has 4 N–H and O–H groups in total. The van der Waals surface area contributed by atoms with Crippen LogP contribution in [0.2, 0.25) is 0 Å². The number of aromatic nitrogens is 1. The Balaban J connectivity index is 1.49. The lowest BCUT2D eigenvalue weighted by Gasteiger charge is -2.14. The van der Waals surface area contributed by atoms with E-state index in [1.807, 2.05) is 30.3 Å². The Kier molecular flexibility index (Phi) is 7.62. The summed E-state index contributed by atoms with van der Waals surface area (Å²) in [5.41, 5.74) is 7.35. The van der Waals surface area contributed by atoms with Crippen molar-refractivity contribution in [1.29, 1.82) is 0 Å². The Morgan fingerprint density at radius 2 is 1.75 bits per heavy atom. The first-order valence-corrected chi connectivity index (χ1v) is 11.2. The summed E-state index contributed by atoms with van der Waals surface area (Å²) in [5, 5.41) is 12.5. The molecule has 4 aromatic rings. The molecular weight excluding hydrogens is 462 g/mol. The summed E-state index contributed by atoms with van der Waals surface area (Å²) < 4.78 is 17.2. The number of hydrogen-bond acceptors (Lipinski definition) is 7. The van der Waals surface area contributed by atoms with Gasteiger partial charge >= 0.3 is 5.97 Å². The molecule has 0 aliphatic heterocycles. The number of carbonyl (C=O) groups excluding carboxylic acids is 1. The molecular formula is C27H25N3O6. The molecule has 1 aromatic heterocycles. The Bertz CT molecular complexity index is 1360. The van der Waals surface area contributed by atoms with Crippen LogP contribution in [0.4, 0.5) is 5.69 Å². The van der Waals surface area contributed by atoms with Gasteiger partial charge in [-0.2, -0.15) is 0 Å². The number of benzene rings is 3. The minimum Gasteiger partial charge on any atom is -0.493 e. The fraction of sp³-hybridized carbons (Fsp3) is 0.148. The fourth-order valence-corrected chi connectivity index (χ4v) is 3.44. The SMILES string of the molecule is COc1cc2c(Oc3ccc(C(=O)Nc4ccccc4)cc3)ccnc2cc1OCC[C@H](N)C(=O)O. The molecule has 1 atom stereocenters. The van der Waals surface area contributed by atoms with Crippen molar-refractivity contribution in [2.24, 2.45) is 5.73 Å². The summed E-state index contributed by atoms with van der Waals surface area (Å²) in [5.74, 6) is 0.638. The maximum atomic E-state index is 12.5. The zero-order chi connectivity index (χ0) is 25.5. The van der Waals surface area contributed by atoms with Crippen LogP contribution >= 0.6 is 0 Å². The number of para-hydroxylation sites is 1. The Morgan fingerprint density at radius 3 is 2.44 bits per heavy atom. The molecule has 0 fully saturated rings. The van der Waals surface area contributed by atoms with Crippen molar-refractivity contribution in [2.75, 3.05) is 19.0 Å². The van der Waals surface area contributed by atoms with Crippen LogP contribution in [-0.4, -0.2) is 41.7 Å². The van der Waals surface area contributed by atoms with Gasteiger partial charge in [0, 0.05) is 35.3 Å². The van der Waals surface area contributed by atoms with Crippen LogP contribution in [0.1, 0.15) is 16.8 Å². The first-order valence-electron chi connectivity index (χ1n) is 11.2. The van der Waals surface area contributed by atoms with E-state index in [4.69, 9.17) is 25.1 Å². The number of pyridine rings is 1. The van der Waals surface area contributed by atoms with Crippen molar-refractivity contribution in [2.45, 2.75) is 12.5 Å². The highest BCUT2D eigenvalue weighted by Crippen LogP contribution is 2.37. The highest BCUT2D eigenvalue weighted by molar-refractivity contribution is 6.04. The molecule has 36 heavy (non-hydrogen) atoms. The largest absolute Gasteiger partial charge is 0.493 e. The molecule has 0 saturated heterocycles. The normalized spacial score (nSPS) is 11.5. The fourth-order valence-electron chi connectivity index (χ4n) is 3.44. The minimum absolute atomic E-state index is 0.107. The number of anilines is 1. The zero-order valence-corrected chi connectivity index (χ0v) is 19.5. The standard InChI is InChI=1S/C27H25N3O6/c1-34-24-15-20-22(16-25(24)35-14-12-21(28)27(32)33)29-13-11-23(20)36-19-9-7-17(8-10-19)26(31)30-18-5-3-2-4-6-18/h2-11,13,15-16,21H,12,14,28H2,1H3,(H,30,31)(H,32,33)/t21-/m0/s1. The molecule has 184 valence electrons. The second-order valence-electron chi connectivity index (χ2n) is 7.86. The highest BCUT2D eigenvalue weighted by atomic mass is 16.5. The lowest BCUT2D eigenvalue weighted by molar-refractivity contribution is -0.138. The average Bonchev–Trinajstić information content (AvgIpc) is 2.89. The van der Waals surface area contributed by atoms with Gasteiger partial charge in [0.05, 0.1) is 19.2 Å². The van der Waals surface area contributed by atoms with Crippen LogP contribution in [0.25, 0.3) is 10.9 Å². The second-order valence-corrected chi connectivity index (χ2v) is 7.86. The van der Waals surface area contributed by atoms with E-state index < -0.39 is 12.0 Å². The van der Waals surface area contributed by atoms with Crippen LogP contribution in [0, 0.1) is 0 Å². The Hall–Kier alpha value is -4.63. The number of nitrogens with two attached hydrogens (primary N) is 1. The van der Waals surface area contributed by atoms with Crippen LogP contribution in [0.5, 0.6) is 23.0 Å². The minimum atomic E-state index is -1.09. The molecule has 0 bridgehead atoms. The molecule has 1 heterocycles. The number of aliphatic carboxylic acids is 1. The number of nitrogens with one attached hydrogen (secondary N) is 1. The van der Waals surface area contributed by atoms with Crippen molar-refractivity contribution in [1.82, 2.24) is 4.98 Å². The van der Waals surface area contributed by atoms with Gasteiger partial charge in [0.2, 0.25) is 0 Å². The predicted octanol–water partition coefficient (Wildman–Crippen LogP) is 4.47. The third-order valence-electron chi connectivity index (χ3n) is 5.37. The van der Waals surface area contributed by atoms with Crippen molar-refractivity contribution in [3.8, 4) is 23.0 Å². The first kappa shape index (κ1) is 24.5. The summed E-state index contributed by atoms with van der Waals surface area (Å²) in [6, 6.07) is 20.2. The van der Waals surface area contributed by atoms with E-state index in [-0.39, 0.29) is 18.9 Å². The number of carboxylic acid groups (broad SMARTS) is 1.